The van der Waals surface area contributed by atoms with Crippen molar-refractivity contribution in [3.8, 4) is 0 Å². The van der Waals surface area contributed by atoms with Gasteiger partial charge >= 0.3 is 0 Å². The highest BCUT2D eigenvalue weighted by molar-refractivity contribution is 5.80. The van der Waals surface area contributed by atoms with E-state index in [-0.39, 0.29) is 6.04 Å². The Hall–Kier alpha value is -2.50. The molecule has 1 unspecified atom stereocenters. The normalized spacial score (nSPS) is 16.3. The van der Waals surface area contributed by atoms with Crippen molar-refractivity contribution in [2.24, 2.45) is 12.0 Å². The lowest BCUT2D eigenvalue weighted by atomic mass is 9.94. The Labute approximate surface area is 188 Å². The van der Waals surface area contributed by atoms with Gasteiger partial charge in [-0.1, -0.05) is 31.4 Å². The Balaban J connectivity index is 1.50. The van der Waals surface area contributed by atoms with E-state index in [0.29, 0.717) is 6.04 Å². The van der Waals surface area contributed by atoms with Crippen LogP contribution in [0.4, 0.5) is 5.69 Å². The summed E-state index contributed by atoms with van der Waals surface area (Å²) in [7, 11) is 6.07. The number of hydrogen-bond acceptors (Lipinski definition) is 3. The Morgan fingerprint density at radius 3 is 2.45 bits per heavy atom. The zero-order valence-corrected chi connectivity index (χ0v) is 20.2. The van der Waals surface area contributed by atoms with Gasteiger partial charge in [-0.3, -0.25) is 9.67 Å². The largest absolute Gasteiger partial charge is 0.372 e. The monoisotopic (exact) mass is 424 g/mol. The van der Waals surface area contributed by atoms with Gasteiger partial charge in [-0.05, 0) is 63.3 Å². The Morgan fingerprint density at radius 2 is 1.87 bits per heavy atom. The number of anilines is 1. The van der Waals surface area contributed by atoms with Crippen molar-refractivity contribution >= 4 is 11.6 Å². The van der Waals surface area contributed by atoms with Gasteiger partial charge in [-0.25, -0.2) is 0 Å². The van der Waals surface area contributed by atoms with Gasteiger partial charge in [-0.15, -0.1) is 0 Å². The highest BCUT2D eigenvalue weighted by Crippen LogP contribution is 2.26. The SMILES string of the molecule is CN=C(NCc1ccc(N(C)C2CCCCC2)cc1)NC(C)Cc1c(C)nn(C)c1C. The second kappa shape index (κ2) is 10.7. The topological polar surface area (TPSA) is 57.5 Å². The van der Waals surface area contributed by atoms with Gasteiger partial charge in [0.15, 0.2) is 5.96 Å². The van der Waals surface area contributed by atoms with E-state index in [2.05, 4.69) is 77.7 Å². The number of aryl methyl sites for hydroxylation is 2. The molecular formula is C25H40N6. The molecule has 1 saturated carbocycles. The van der Waals surface area contributed by atoms with E-state index in [1.165, 1.54) is 54.6 Å². The van der Waals surface area contributed by atoms with Crippen molar-refractivity contribution in [1.82, 2.24) is 20.4 Å². The molecule has 31 heavy (non-hydrogen) atoms. The summed E-state index contributed by atoms with van der Waals surface area (Å²) < 4.78 is 1.96. The molecule has 1 fully saturated rings. The standard InChI is InChI=1S/C25H40N6/c1-18(16-24-19(2)29-31(6)20(24)3)28-25(26-4)27-17-21-12-14-23(15-13-21)30(5)22-10-8-7-9-11-22/h12-15,18,22H,7-11,16-17H2,1-6H3,(H2,26,27,28). The zero-order chi connectivity index (χ0) is 22.4. The van der Waals surface area contributed by atoms with Crippen molar-refractivity contribution in [3.05, 3.63) is 46.8 Å². The average Bonchev–Trinajstić information content (AvgIpc) is 3.03. The molecule has 0 bridgehead atoms. The molecule has 1 aliphatic rings. The molecule has 1 atom stereocenters. The van der Waals surface area contributed by atoms with Crippen LogP contribution in [0.25, 0.3) is 0 Å². The van der Waals surface area contributed by atoms with Crippen molar-refractivity contribution in [2.45, 2.75) is 77.9 Å². The molecule has 1 aromatic carbocycles. The van der Waals surface area contributed by atoms with Crippen LogP contribution in [0.15, 0.2) is 29.3 Å². The first-order valence-corrected chi connectivity index (χ1v) is 11.7. The van der Waals surface area contributed by atoms with Gasteiger partial charge in [-0.2, -0.15) is 5.10 Å². The van der Waals surface area contributed by atoms with E-state index < -0.39 is 0 Å². The molecule has 0 spiro atoms. The van der Waals surface area contributed by atoms with E-state index in [0.717, 1.165) is 24.6 Å². The number of rotatable bonds is 7. The number of benzene rings is 1. The van der Waals surface area contributed by atoms with E-state index >= 15 is 0 Å². The van der Waals surface area contributed by atoms with Gasteiger partial charge < -0.3 is 15.5 Å². The smallest absolute Gasteiger partial charge is 0.191 e. The van der Waals surface area contributed by atoms with Gasteiger partial charge in [0.05, 0.1) is 5.69 Å². The van der Waals surface area contributed by atoms with Crippen LogP contribution in [-0.2, 0) is 20.0 Å². The van der Waals surface area contributed by atoms with Crippen LogP contribution in [0.3, 0.4) is 0 Å². The minimum Gasteiger partial charge on any atom is -0.372 e. The highest BCUT2D eigenvalue weighted by Gasteiger charge is 2.18. The lowest BCUT2D eigenvalue weighted by molar-refractivity contribution is 0.427. The van der Waals surface area contributed by atoms with Crippen LogP contribution in [0.2, 0.25) is 0 Å². The molecule has 1 aromatic heterocycles. The maximum absolute atomic E-state index is 4.53. The summed E-state index contributed by atoms with van der Waals surface area (Å²) in [6, 6.07) is 9.90. The van der Waals surface area contributed by atoms with Crippen LogP contribution in [0.1, 0.15) is 61.5 Å². The third-order valence-electron chi connectivity index (χ3n) is 6.70. The van der Waals surface area contributed by atoms with Crippen LogP contribution < -0.4 is 15.5 Å². The summed E-state index contributed by atoms with van der Waals surface area (Å²) >= 11 is 0. The third-order valence-corrected chi connectivity index (χ3v) is 6.70. The fourth-order valence-corrected chi connectivity index (χ4v) is 4.61. The molecule has 3 rings (SSSR count). The predicted molar refractivity (Wildman–Crippen MR) is 131 cm³/mol. The van der Waals surface area contributed by atoms with E-state index in [9.17, 15) is 0 Å². The molecular weight excluding hydrogens is 384 g/mol. The number of aliphatic imine (C=N–C) groups is 1. The molecule has 6 heteroatoms. The number of nitrogens with one attached hydrogen (secondary N) is 2. The second-order valence-corrected chi connectivity index (χ2v) is 9.02. The summed E-state index contributed by atoms with van der Waals surface area (Å²) in [6.45, 7) is 7.15. The first-order valence-electron chi connectivity index (χ1n) is 11.7. The van der Waals surface area contributed by atoms with Crippen LogP contribution in [0, 0.1) is 13.8 Å². The number of hydrogen-bond donors (Lipinski definition) is 2. The number of nitrogens with zero attached hydrogens (tertiary/aromatic N) is 4. The second-order valence-electron chi connectivity index (χ2n) is 9.02. The van der Waals surface area contributed by atoms with Gasteiger partial charge in [0, 0.05) is 51.2 Å². The third kappa shape index (κ3) is 6.02. The Kier molecular flexibility index (Phi) is 7.99. The maximum atomic E-state index is 4.53. The fraction of sp³-hybridized carbons (Fsp3) is 0.600. The van der Waals surface area contributed by atoms with E-state index in [1.807, 2.05) is 18.8 Å². The Morgan fingerprint density at radius 1 is 1.19 bits per heavy atom. The molecule has 0 amide bonds. The van der Waals surface area contributed by atoms with Crippen LogP contribution in [-0.4, -0.2) is 41.9 Å². The summed E-state index contributed by atoms with van der Waals surface area (Å²) in [6.07, 6.45) is 7.68. The summed E-state index contributed by atoms with van der Waals surface area (Å²) in [5, 5.41) is 11.5. The molecule has 1 heterocycles. The fourth-order valence-electron chi connectivity index (χ4n) is 4.61. The van der Waals surface area contributed by atoms with Crippen molar-refractivity contribution in [2.75, 3.05) is 19.0 Å². The summed E-state index contributed by atoms with van der Waals surface area (Å²) in [4.78, 5) is 6.87. The lowest BCUT2D eigenvalue weighted by Gasteiger charge is -2.33. The first kappa shape index (κ1) is 23.2. The van der Waals surface area contributed by atoms with Crippen molar-refractivity contribution < 1.29 is 0 Å². The van der Waals surface area contributed by atoms with E-state index in [4.69, 9.17) is 0 Å². The predicted octanol–water partition coefficient (Wildman–Crippen LogP) is 4.10. The molecule has 0 aliphatic heterocycles. The summed E-state index contributed by atoms with van der Waals surface area (Å²) in [5.74, 6) is 0.829. The summed E-state index contributed by atoms with van der Waals surface area (Å²) in [5.41, 5.74) is 6.22. The van der Waals surface area contributed by atoms with Crippen molar-refractivity contribution in [3.63, 3.8) is 0 Å². The average molecular weight is 425 g/mol. The van der Waals surface area contributed by atoms with Crippen LogP contribution >= 0.6 is 0 Å². The molecule has 0 radical (unpaired) electrons. The molecule has 1 aliphatic carbocycles. The van der Waals surface area contributed by atoms with Gasteiger partial charge in [0.2, 0.25) is 0 Å². The van der Waals surface area contributed by atoms with Crippen molar-refractivity contribution in [1.29, 1.82) is 0 Å². The molecule has 170 valence electrons. The first-order chi connectivity index (χ1) is 14.9. The quantitative estimate of drug-likeness (QED) is 0.519. The molecule has 6 nitrogen and oxygen atoms in total. The maximum Gasteiger partial charge on any atom is 0.191 e. The highest BCUT2D eigenvalue weighted by atomic mass is 15.3. The van der Waals surface area contributed by atoms with Gasteiger partial charge in [0.25, 0.3) is 0 Å². The Bertz CT molecular complexity index is 861. The molecule has 2 N–H and O–H groups in total. The molecule has 2 aromatic rings. The number of aromatic nitrogens is 2. The molecule has 0 saturated heterocycles. The lowest BCUT2D eigenvalue weighted by Crippen LogP contribution is -2.42. The van der Waals surface area contributed by atoms with Crippen LogP contribution in [0.5, 0.6) is 0 Å². The number of guanidine groups is 1. The van der Waals surface area contributed by atoms with E-state index in [1.54, 1.807) is 0 Å². The van der Waals surface area contributed by atoms with Gasteiger partial charge in [0.1, 0.15) is 0 Å². The minimum absolute atomic E-state index is 0.263. The zero-order valence-electron chi connectivity index (χ0n) is 20.2. The minimum atomic E-state index is 0.263.